The molecule has 0 saturated heterocycles. The molecule has 0 aliphatic carbocycles. The molecule has 0 aliphatic rings. The molecule has 6 nitrogen and oxygen atoms in total. The minimum absolute atomic E-state index is 0.552. The Bertz CT molecular complexity index is 3820. The molecule has 8 aromatic carbocycles. The number of para-hydroxylation sites is 4. The van der Waals surface area contributed by atoms with E-state index >= 15 is 0 Å². The second kappa shape index (κ2) is 11.9. The lowest BCUT2D eigenvalue weighted by molar-refractivity contribution is 0.669. The molecule has 7 heteroatoms. The summed E-state index contributed by atoms with van der Waals surface area (Å²) in [6.07, 6.45) is 0. The lowest BCUT2D eigenvalue weighted by Gasteiger charge is -2.12. The van der Waals surface area contributed by atoms with Gasteiger partial charge in [0.05, 0.1) is 22.1 Å². The fraction of sp³-hybridized carbons (Fsp3) is 0. The van der Waals surface area contributed by atoms with Gasteiger partial charge in [-0.2, -0.15) is 9.97 Å². The molecule has 0 bridgehead atoms. The summed E-state index contributed by atoms with van der Waals surface area (Å²) in [6.45, 7) is 0. The number of fused-ring (bicyclic) bond motifs is 12. The average molecular weight is 760 g/mol. The monoisotopic (exact) mass is 759 g/mol. The van der Waals surface area contributed by atoms with Gasteiger partial charge in [-0.1, -0.05) is 109 Å². The van der Waals surface area contributed by atoms with Crippen molar-refractivity contribution in [1.29, 1.82) is 0 Å². The van der Waals surface area contributed by atoms with Crippen molar-refractivity contribution in [2.24, 2.45) is 0 Å². The first-order valence-electron chi connectivity index (χ1n) is 19.4. The van der Waals surface area contributed by atoms with Crippen LogP contribution in [0, 0.1) is 0 Å². The maximum Gasteiger partial charge on any atom is 0.238 e. The van der Waals surface area contributed by atoms with Crippen LogP contribution < -0.4 is 0 Å². The van der Waals surface area contributed by atoms with Crippen molar-refractivity contribution in [2.75, 3.05) is 0 Å². The maximum atomic E-state index is 6.38. The van der Waals surface area contributed by atoms with Gasteiger partial charge in [0.15, 0.2) is 11.6 Å². The summed E-state index contributed by atoms with van der Waals surface area (Å²) in [7, 11) is 0. The Morgan fingerprint density at radius 2 is 1.03 bits per heavy atom. The predicted molar refractivity (Wildman–Crippen MR) is 240 cm³/mol. The molecule has 0 spiro atoms. The molecule has 270 valence electrons. The molecule has 0 atom stereocenters. The molecule has 5 heterocycles. The van der Waals surface area contributed by atoms with E-state index in [-0.39, 0.29) is 0 Å². The first kappa shape index (κ1) is 31.6. The molecule has 0 radical (unpaired) electrons. The van der Waals surface area contributed by atoms with Crippen LogP contribution >= 0.6 is 11.3 Å². The van der Waals surface area contributed by atoms with Crippen LogP contribution in [0.15, 0.2) is 180 Å². The molecule has 0 amide bonds. The van der Waals surface area contributed by atoms with E-state index < -0.39 is 0 Å². The molecule has 13 rings (SSSR count). The summed E-state index contributed by atoms with van der Waals surface area (Å²) in [5, 5.41) is 9.25. The van der Waals surface area contributed by atoms with Gasteiger partial charge in [0.25, 0.3) is 0 Å². The fourth-order valence-corrected chi connectivity index (χ4v) is 10.2. The van der Waals surface area contributed by atoms with Crippen LogP contribution in [0.4, 0.5) is 0 Å². The van der Waals surface area contributed by atoms with Gasteiger partial charge in [-0.15, -0.1) is 11.3 Å². The largest absolute Gasteiger partial charge is 0.456 e. The Labute approximate surface area is 334 Å². The third-order valence-electron chi connectivity index (χ3n) is 11.6. The zero-order valence-corrected chi connectivity index (χ0v) is 31.6. The Balaban J connectivity index is 1.13. The van der Waals surface area contributed by atoms with Crippen LogP contribution in [-0.2, 0) is 0 Å². The molecular formula is C51H29N5OS. The third kappa shape index (κ3) is 4.50. The lowest BCUT2D eigenvalue weighted by Crippen LogP contribution is -2.06. The maximum absolute atomic E-state index is 6.38. The fourth-order valence-electron chi connectivity index (χ4n) is 9.00. The Kier molecular flexibility index (Phi) is 6.50. The van der Waals surface area contributed by atoms with Crippen molar-refractivity contribution in [3.63, 3.8) is 0 Å². The van der Waals surface area contributed by atoms with Crippen molar-refractivity contribution in [2.45, 2.75) is 0 Å². The van der Waals surface area contributed by atoms with Crippen molar-refractivity contribution in [1.82, 2.24) is 24.1 Å². The van der Waals surface area contributed by atoms with Crippen LogP contribution in [0.5, 0.6) is 0 Å². The highest BCUT2D eigenvalue weighted by atomic mass is 32.1. The molecular weight excluding hydrogens is 731 g/mol. The van der Waals surface area contributed by atoms with Gasteiger partial charge in [-0.05, 0) is 66.7 Å². The van der Waals surface area contributed by atoms with Gasteiger partial charge in [0, 0.05) is 69.3 Å². The number of rotatable bonds is 4. The van der Waals surface area contributed by atoms with Crippen molar-refractivity contribution >= 4 is 97.1 Å². The van der Waals surface area contributed by atoms with Gasteiger partial charge in [0.1, 0.15) is 11.2 Å². The number of aromatic nitrogens is 5. The first-order valence-corrected chi connectivity index (χ1v) is 20.2. The molecule has 0 N–H and O–H groups in total. The van der Waals surface area contributed by atoms with Crippen molar-refractivity contribution < 1.29 is 4.42 Å². The topological polar surface area (TPSA) is 61.7 Å². The van der Waals surface area contributed by atoms with Gasteiger partial charge < -0.3 is 8.98 Å². The van der Waals surface area contributed by atoms with Gasteiger partial charge in [0.2, 0.25) is 5.95 Å². The number of furan rings is 1. The van der Waals surface area contributed by atoms with E-state index in [9.17, 15) is 0 Å². The molecule has 13 aromatic rings. The summed E-state index contributed by atoms with van der Waals surface area (Å²) < 4.78 is 13.3. The van der Waals surface area contributed by atoms with E-state index in [1.807, 2.05) is 18.2 Å². The van der Waals surface area contributed by atoms with E-state index in [1.165, 1.54) is 26.2 Å². The van der Waals surface area contributed by atoms with Crippen LogP contribution in [-0.4, -0.2) is 24.1 Å². The second-order valence-corrected chi connectivity index (χ2v) is 15.9. The lowest BCUT2D eigenvalue weighted by atomic mass is 10.1. The highest BCUT2D eigenvalue weighted by molar-refractivity contribution is 7.26. The standard InChI is InChI=1S/C51H29N5OS/c1-2-13-31(14-3-1)55-41-21-8-4-15-32(41)39-28-40-33-16-5-9-22-42(33)56(44(40)29-43(39)55)51-53-49(30-25-26-35-34-17-6-10-23-45(34)57-46(35)27-30)52-50(54-51)38-20-12-19-37-36-18-7-11-24-47(36)58-48(37)38/h1-29H. The van der Waals surface area contributed by atoms with E-state index in [0.29, 0.717) is 17.6 Å². The van der Waals surface area contributed by atoms with E-state index in [0.717, 1.165) is 76.3 Å². The van der Waals surface area contributed by atoms with Crippen LogP contribution in [0.3, 0.4) is 0 Å². The highest BCUT2D eigenvalue weighted by Crippen LogP contribution is 2.42. The molecule has 58 heavy (non-hydrogen) atoms. The Morgan fingerprint density at radius 3 is 1.86 bits per heavy atom. The minimum Gasteiger partial charge on any atom is -0.456 e. The zero-order chi connectivity index (χ0) is 37.9. The molecule has 5 aromatic heterocycles. The minimum atomic E-state index is 0.552. The smallest absolute Gasteiger partial charge is 0.238 e. The SMILES string of the molecule is c1ccc(-n2c3ccccc3c3cc4c5ccccc5n(-c5nc(-c6ccc7c(c6)oc6ccccc67)nc(-c6cccc7c6sc6ccccc67)n5)c4cc32)cc1. The summed E-state index contributed by atoms with van der Waals surface area (Å²) in [4.78, 5) is 16.0. The second-order valence-electron chi connectivity index (χ2n) is 14.8. The number of thiophene rings is 1. The van der Waals surface area contributed by atoms with Gasteiger partial charge >= 0.3 is 0 Å². The van der Waals surface area contributed by atoms with Crippen LogP contribution in [0.1, 0.15) is 0 Å². The number of hydrogen-bond acceptors (Lipinski definition) is 5. The van der Waals surface area contributed by atoms with Gasteiger partial charge in [-0.25, -0.2) is 4.98 Å². The predicted octanol–water partition coefficient (Wildman–Crippen LogP) is 13.7. The number of benzene rings is 8. The average Bonchev–Trinajstić information content (AvgIpc) is 4.03. The highest BCUT2D eigenvalue weighted by Gasteiger charge is 2.22. The number of hydrogen-bond donors (Lipinski definition) is 0. The summed E-state index contributed by atoms with van der Waals surface area (Å²) >= 11 is 1.78. The van der Waals surface area contributed by atoms with Gasteiger partial charge in [-0.3, -0.25) is 4.57 Å². The van der Waals surface area contributed by atoms with Crippen molar-refractivity contribution in [3.05, 3.63) is 176 Å². The Hall–Kier alpha value is -7.61. The molecule has 0 fully saturated rings. The molecule has 0 aliphatic heterocycles. The third-order valence-corrected chi connectivity index (χ3v) is 12.8. The Morgan fingerprint density at radius 1 is 0.397 bits per heavy atom. The quantitative estimate of drug-likeness (QED) is 0.179. The molecule has 0 saturated carbocycles. The number of nitrogens with zero attached hydrogens (tertiary/aromatic N) is 5. The summed E-state index contributed by atoms with van der Waals surface area (Å²) in [5.41, 5.74) is 8.90. The molecule has 0 unspecified atom stereocenters. The van der Waals surface area contributed by atoms with Crippen LogP contribution in [0.2, 0.25) is 0 Å². The van der Waals surface area contributed by atoms with E-state index in [2.05, 4.69) is 167 Å². The van der Waals surface area contributed by atoms with Crippen molar-refractivity contribution in [3.8, 4) is 34.4 Å². The van der Waals surface area contributed by atoms with E-state index in [4.69, 9.17) is 19.4 Å². The van der Waals surface area contributed by atoms with Crippen LogP contribution in [0.25, 0.3) is 120 Å². The summed E-state index contributed by atoms with van der Waals surface area (Å²) in [5.74, 6) is 1.74. The first-order chi connectivity index (χ1) is 28.7. The zero-order valence-electron chi connectivity index (χ0n) is 30.8. The van der Waals surface area contributed by atoms with E-state index in [1.54, 1.807) is 11.3 Å². The normalized spacial score (nSPS) is 12.1. The summed E-state index contributed by atoms with van der Waals surface area (Å²) in [6, 6.07) is 61.9.